The molecule has 2 atom stereocenters. The molecule has 0 amide bonds. The average molecular weight is 244 g/mol. The summed E-state index contributed by atoms with van der Waals surface area (Å²) in [5.74, 6) is 0. The third kappa shape index (κ3) is 6.05. The highest BCUT2D eigenvalue weighted by molar-refractivity contribution is 6.77. The minimum Gasteiger partial charge on any atom is -0.381 e. The third-order valence-corrected chi connectivity index (χ3v) is 6.46. The van der Waals surface area contributed by atoms with Crippen LogP contribution in [0.1, 0.15) is 52.4 Å². The first-order valence-electron chi connectivity index (χ1n) is 7.00. The van der Waals surface area contributed by atoms with E-state index in [2.05, 4.69) is 33.5 Å². The van der Waals surface area contributed by atoms with Crippen molar-refractivity contribution in [1.82, 2.24) is 0 Å². The molecule has 0 bridgehead atoms. The average Bonchev–Trinajstić information content (AvgIpc) is 2.21. The fourth-order valence-corrected chi connectivity index (χ4v) is 4.98. The Morgan fingerprint density at radius 1 is 0.938 bits per heavy atom. The van der Waals surface area contributed by atoms with E-state index in [4.69, 9.17) is 4.74 Å². The van der Waals surface area contributed by atoms with Gasteiger partial charge in [-0.3, -0.25) is 0 Å². The molecule has 0 aromatic heterocycles. The van der Waals surface area contributed by atoms with Crippen molar-refractivity contribution in [2.75, 3.05) is 7.11 Å². The molecule has 98 valence electrons. The quantitative estimate of drug-likeness (QED) is 0.513. The molecule has 0 unspecified atom stereocenters. The summed E-state index contributed by atoms with van der Waals surface area (Å²) in [5.41, 5.74) is 0.837. The Hall–Kier alpha value is 0.177. The van der Waals surface area contributed by atoms with E-state index >= 15 is 0 Å². The van der Waals surface area contributed by atoms with Gasteiger partial charge < -0.3 is 4.74 Å². The van der Waals surface area contributed by atoms with Gasteiger partial charge in [0, 0.05) is 7.11 Å². The molecule has 0 aliphatic rings. The Balaban J connectivity index is 4.43. The lowest BCUT2D eigenvalue weighted by atomic mass is 10.0. The molecule has 16 heavy (non-hydrogen) atoms. The van der Waals surface area contributed by atoms with Crippen molar-refractivity contribution in [2.45, 2.75) is 83.7 Å². The maximum absolute atomic E-state index is 5.77. The van der Waals surface area contributed by atoms with Gasteiger partial charge in [0.2, 0.25) is 0 Å². The van der Waals surface area contributed by atoms with Crippen LogP contribution < -0.4 is 0 Å². The summed E-state index contributed by atoms with van der Waals surface area (Å²) < 4.78 is 5.77. The van der Waals surface area contributed by atoms with Gasteiger partial charge in [0.05, 0.1) is 14.2 Å². The molecule has 0 aromatic carbocycles. The van der Waals surface area contributed by atoms with Gasteiger partial charge in [-0.25, -0.2) is 0 Å². The smallest absolute Gasteiger partial charge is 0.0575 e. The lowest BCUT2D eigenvalue weighted by molar-refractivity contribution is 0.0819. The summed E-state index contributed by atoms with van der Waals surface area (Å²) >= 11 is 0. The van der Waals surface area contributed by atoms with E-state index in [0.717, 1.165) is 5.54 Å². The Kier molecular flexibility index (Phi) is 8.39. The van der Waals surface area contributed by atoms with E-state index in [-0.39, 0.29) is 0 Å². The highest BCUT2D eigenvalue weighted by Gasteiger charge is 2.32. The minimum absolute atomic E-state index is 0.512. The zero-order chi connectivity index (χ0) is 12.6. The van der Waals surface area contributed by atoms with Crippen LogP contribution in [0.3, 0.4) is 0 Å². The van der Waals surface area contributed by atoms with Crippen LogP contribution in [0.4, 0.5) is 0 Å². The van der Waals surface area contributed by atoms with Gasteiger partial charge in [0.25, 0.3) is 0 Å². The van der Waals surface area contributed by atoms with Crippen LogP contribution in [0.15, 0.2) is 0 Å². The van der Waals surface area contributed by atoms with Crippen molar-refractivity contribution >= 4 is 8.07 Å². The molecule has 2 heteroatoms. The normalized spacial score (nSPS) is 16.1. The van der Waals surface area contributed by atoms with Crippen molar-refractivity contribution in [2.24, 2.45) is 0 Å². The molecule has 0 radical (unpaired) electrons. The summed E-state index contributed by atoms with van der Waals surface area (Å²) in [6.45, 7) is 12.0. The van der Waals surface area contributed by atoms with E-state index in [9.17, 15) is 0 Å². The summed E-state index contributed by atoms with van der Waals surface area (Å²) in [5, 5.41) is 0. The minimum atomic E-state index is -1.08. The summed E-state index contributed by atoms with van der Waals surface area (Å²) in [4.78, 5) is 0. The van der Waals surface area contributed by atoms with Crippen LogP contribution in [0.25, 0.3) is 0 Å². The first-order valence-corrected chi connectivity index (χ1v) is 10.6. The number of hydrogen-bond donors (Lipinski definition) is 0. The van der Waals surface area contributed by atoms with Crippen LogP contribution in [0.2, 0.25) is 25.2 Å². The van der Waals surface area contributed by atoms with Gasteiger partial charge in [-0.2, -0.15) is 0 Å². The summed E-state index contributed by atoms with van der Waals surface area (Å²) in [7, 11) is 0.819. The molecule has 0 N–H and O–H groups in total. The Labute approximate surface area is 104 Å². The maximum atomic E-state index is 5.77. The highest BCUT2D eigenvalue weighted by Crippen LogP contribution is 2.34. The van der Waals surface area contributed by atoms with Gasteiger partial charge in [-0.05, 0) is 12.0 Å². The number of unbranched alkanes of at least 4 members (excludes halogenated alkanes) is 2. The first-order chi connectivity index (χ1) is 7.47. The van der Waals surface area contributed by atoms with Gasteiger partial charge in [-0.1, -0.05) is 65.6 Å². The van der Waals surface area contributed by atoms with Crippen molar-refractivity contribution in [3.8, 4) is 0 Å². The lowest BCUT2D eigenvalue weighted by Crippen LogP contribution is -2.37. The van der Waals surface area contributed by atoms with Crippen LogP contribution in [-0.2, 0) is 4.74 Å². The van der Waals surface area contributed by atoms with E-state index in [1.54, 1.807) is 0 Å². The van der Waals surface area contributed by atoms with E-state index in [1.807, 2.05) is 7.11 Å². The van der Waals surface area contributed by atoms with Gasteiger partial charge >= 0.3 is 0 Å². The van der Waals surface area contributed by atoms with Gasteiger partial charge in [0.15, 0.2) is 0 Å². The largest absolute Gasteiger partial charge is 0.381 e. The van der Waals surface area contributed by atoms with Gasteiger partial charge in [0.1, 0.15) is 0 Å². The second-order valence-electron chi connectivity index (χ2n) is 6.03. The van der Waals surface area contributed by atoms with Crippen LogP contribution >= 0.6 is 0 Å². The topological polar surface area (TPSA) is 9.23 Å². The maximum Gasteiger partial charge on any atom is 0.0575 e. The second kappa shape index (κ2) is 8.29. The molecule has 1 nitrogen and oxygen atoms in total. The first kappa shape index (κ1) is 16.2. The third-order valence-electron chi connectivity index (χ3n) is 3.57. The standard InChI is InChI=1S/C14H32OSi/c1-7-9-11-13(15-3)14(12-10-8-2)16(4,5)6/h13-14H,7-12H2,1-6H3/t13-,14-/m0/s1. The molecule has 0 saturated carbocycles. The second-order valence-corrected chi connectivity index (χ2v) is 11.5. The fraction of sp³-hybridized carbons (Fsp3) is 1.00. The Morgan fingerprint density at radius 3 is 1.81 bits per heavy atom. The van der Waals surface area contributed by atoms with Crippen molar-refractivity contribution in [3.63, 3.8) is 0 Å². The molecule has 0 fully saturated rings. The molecule has 0 aliphatic heterocycles. The summed E-state index contributed by atoms with van der Waals surface area (Å²) in [6.07, 6.45) is 8.40. The number of rotatable bonds is 9. The Bertz CT molecular complexity index is 163. The number of hydrogen-bond acceptors (Lipinski definition) is 1. The monoisotopic (exact) mass is 244 g/mol. The van der Waals surface area contributed by atoms with Crippen molar-refractivity contribution < 1.29 is 4.74 Å². The number of methoxy groups -OCH3 is 1. The predicted molar refractivity (Wildman–Crippen MR) is 76.9 cm³/mol. The highest BCUT2D eigenvalue weighted by atomic mass is 28.3. The molecule has 0 rings (SSSR count). The predicted octanol–water partition coefficient (Wildman–Crippen LogP) is 5.09. The summed E-state index contributed by atoms with van der Waals surface area (Å²) in [6, 6.07) is 0. The fourth-order valence-electron chi connectivity index (χ4n) is 2.49. The van der Waals surface area contributed by atoms with Crippen LogP contribution in [0, 0.1) is 0 Å². The van der Waals surface area contributed by atoms with E-state index in [0.29, 0.717) is 6.10 Å². The van der Waals surface area contributed by atoms with Crippen LogP contribution in [0.5, 0.6) is 0 Å². The zero-order valence-electron chi connectivity index (χ0n) is 12.3. The molecular formula is C14H32OSi. The molecule has 0 aromatic rings. The Morgan fingerprint density at radius 2 is 1.44 bits per heavy atom. The van der Waals surface area contributed by atoms with Crippen LogP contribution in [-0.4, -0.2) is 21.3 Å². The van der Waals surface area contributed by atoms with Crippen molar-refractivity contribution in [3.05, 3.63) is 0 Å². The zero-order valence-corrected chi connectivity index (χ0v) is 13.3. The van der Waals surface area contributed by atoms with E-state index in [1.165, 1.54) is 38.5 Å². The van der Waals surface area contributed by atoms with Gasteiger partial charge in [-0.15, -0.1) is 0 Å². The molecular weight excluding hydrogens is 212 g/mol. The van der Waals surface area contributed by atoms with E-state index < -0.39 is 8.07 Å². The molecule has 0 heterocycles. The lowest BCUT2D eigenvalue weighted by Gasteiger charge is -2.35. The number of ether oxygens (including phenoxy) is 1. The molecule has 0 aliphatic carbocycles. The van der Waals surface area contributed by atoms with Crippen molar-refractivity contribution in [1.29, 1.82) is 0 Å². The molecule has 0 saturated heterocycles. The SMILES string of the molecule is CCCC[C@H](OC)[C@H](CCCC)[Si](C)(C)C. The molecule has 0 spiro atoms.